The van der Waals surface area contributed by atoms with Crippen molar-refractivity contribution >= 4 is 33.8 Å². The van der Waals surface area contributed by atoms with E-state index in [-0.39, 0.29) is 22.7 Å². The normalized spacial score (nSPS) is 11.9. The number of aryl methyl sites for hydroxylation is 1. The Kier molecular flexibility index (Phi) is 10.9. The molecule has 0 bridgehead atoms. The first-order valence-electron chi connectivity index (χ1n) is 16.8. The van der Waals surface area contributed by atoms with Crippen LogP contribution >= 0.6 is 0 Å². The number of anilines is 2. The number of aromatic nitrogens is 1. The molecule has 1 heterocycles. The lowest BCUT2D eigenvalue weighted by Crippen LogP contribution is -2.27. The summed E-state index contributed by atoms with van der Waals surface area (Å²) in [6.45, 7) is 4.30. The van der Waals surface area contributed by atoms with Gasteiger partial charge in [-0.1, -0.05) is 114 Å². The van der Waals surface area contributed by atoms with Gasteiger partial charge in [0.15, 0.2) is 11.6 Å². The molecule has 0 amide bonds. The lowest BCUT2D eigenvalue weighted by molar-refractivity contribution is 0.101. The van der Waals surface area contributed by atoms with Crippen LogP contribution in [0.15, 0.2) is 65.5 Å². The highest BCUT2D eigenvalue weighted by atomic mass is 16.5. The number of carbonyl (C=O) groups excluding carboxylic acids is 2. The number of fused-ring (bicyclic) bond motifs is 2. The number of hydrogen-bond donors (Lipinski definition) is 1. The molecular weight excluding hydrogens is 560 g/mol. The Hall–Kier alpha value is -4.19. The van der Waals surface area contributed by atoms with Gasteiger partial charge in [-0.25, -0.2) is 0 Å². The van der Waals surface area contributed by atoms with E-state index in [9.17, 15) is 14.4 Å². The number of pyridine rings is 1. The average Bonchev–Trinajstić information content (AvgIpc) is 3.04. The zero-order chi connectivity index (χ0) is 31.8. The third-order valence-corrected chi connectivity index (χ3v) is 9.00. The molecule has 3 aromatic carbocycles. The van der Waals surface area contributed by atoms with Crippen LogP contribution in [0.1, 0.15) is 117 Å². The Bertz CT molecular complexity index is 1740. The van der Waals surface area contributed by atoms with Gasteiger partial charge in [-0.3, -0.25) is 14.4 Å². The van der Waals surface area contributed by atoms with Crippen molar-refractivity contribution in [3.8, 4) is 16.9 Å². The molecule has 0 saturated heterocycles. The number of ether oxygens (including phenoxy) is 1. The molecule has 45 heavy (non-hydrogen) atoms. The van der Waals surface area contributed by atoms with Crippen molar-refractivity contribution in [2.24, 2.45) is 7.05 Å². The summed E-state index contributed by atoms with van der Waals surface area (Å²) in [4.78, 5) is 40.2. The van der Waals surface area contributed by atoms with Crippen LogP contribution in [-0.2, 0) is 7.05 Å². The minimum Gasteiger partial charge on any atom is -0.491 e. The van der Waals surface area contributed by atoms with Gasteiger partial charge in [-0.15, -0.1) is 0 Å². The summed E-state index contributed by atoms with van der Waals surface area (Å²) in [6.07, 6.45) is 15.5. The summed E-state index contributed by atoms with van der Waals surface area (Å²) < 4.78 is 7.70. The number of para-hydroxylation sites is 2. The maximum atomic E-state index is 14.0. The van der Waals surface area contributed by atoms with Crippen molar-refractivity contribution in [1.29, 1.82) is 0 Å². The van der Waals surface area contributed by atoms with Crippen LogP contribution in [-0.4, -0.2) is 22.7 Å². The van der Waals surface area contributed by atoms with Crippen molar-refractivity contribution in [3.05, 3.63) is 87.7 Å². The highest BCUT2D eigenvalue weighted by Gasteiger charge is 2.32. The van der Waals surface area contributed by atoms with Crippen LogP contribution in [0.5, 0.6) is 5.75 Å². The first-order valence-corrected chi connectivity index (χ1v) is 16.8. The molecule has 4 aromatic rings. The summed E-state index contributed by atoms with van der Waals surface area (Å²) in [5.41, 5.74) is 3.81. The van der Waals surface area contributed by atoms with Gasteiger partial charge in [-0.2, -0.15) is 0 Å². The third kappa shape index (κ3) is 7.06. The summed E-state index contributed by atoms with van der Waals surface area (Å²) in [6, 6.07) is 18.7. The van der Waals surface area contributed by atoms with Crippen LogP contribution in [0.4, 0.5) is 11.4 Å². The first-order chi connectivity index (χ1) is 21.9. The number of nitrogens with zero attached hydrogens (tertiary/aromatic N) is 1. The van der Waals surface area contributed by atoms with E-state index < -0.39 is 0 Å². The van der Waals surface area contributed by atoms with Gasteiger partial charge in [0.2, 0.25) is 0 Å². The molecule has 6 nitrogen and oxygen atoms in total. The van der Waals surface area contributed by atoms with Crippen molar-refractivity contribution < 1.29 is 14.3 Å². The monoisotopic (exact) mass is 606 g/mol. The molecule has 1 aromatic heterocycles. The Labute approximate surface area is 266 Å². The molecule has 5 rings (SSSR count). The Morgan fingerprint density at radius 3 is 1.98 bits per heavy atom. The summed E-state index contributed by atoms with van der Waals surface area (Å²) in [5.74, 6) is 0.258. The van der Waals surface area contributed by atoms with Crippen LogP contribution < -0.4 is 15.6 Å². The highest BCUT2D eigenvalue weighted by molar-refractivity contribution is 6.30. The topological polar surface area (TPSA) is 77.4 Å². The van der Waals surface area contributed by atoms with Crippen molar-refractivity contribution in [3.63, 3.8) is 0 Å². The Morgan fingerprint density at radius 2 is 1.31 bits per heavy atom. The predicted octanol–water partition coefficient (Wildman–Crippen LogP) is 9.78. The fraction of sp³-hybridized carbons (Fsp3) is 0.410. The number of hydrogen-bond acceptors (Lipinski definition) is 5. The fourth-order valence-corrected chi connectivity index (χ4v) is 6.57. The number of Topliss-reactive ketones (excluding diaryl/α,β-unsaturated/α-hetero) is 1. The molecule has 0 radical (unpaired) electrons. The minimum absolute atomic E-state index is 0.106. The smallest absolute Gasteiger partial charge is 0.262 e. The molecule has 236 valence electrons. The average molecular weight is 607 g/mol. The maximum Gasteiger partial charge on any atom is 0.262 e. The van der Waals surface area contributed by atoms with E-state index >= 15 is 0 Å². The van der Waals surface area contributed by atoms with E-state index in [2.05, 4.69) is 12.2 Å². The molecule has 0 unspecified atom stereocenters. The molecule has 0 atom stereocenters. The predicted molar refractivity (Wildman–Crippen MR) is 184 cm³/mol. The largest absolute Gasteiger partial charge is 0.491 e. The molecule has 6 heteroatoms. The number of ketones is 2. The molecular formula is C39H46N2O4. The number of unbranched alkanes of at least 4 members (excludes halogenated alkanes) is 11. The van der Waals surface area contributed by atoms with E-state index in [0.717, 1.165) is 24.3 Å². The number of carbonyl (C=O) groups is 2. The molecule has 0 fully saturated rings. The van der Waals surface area contributed by atoms with Crippen LogP contribution in [0, 0.1) is 0 Å². The standard InChI is InChI=1S/C39H46N2O4/c1-4-5-6-7-8-9-10-11-12-13-14-19-26-45-33-23-18-17-22-30(33)40-31-24-25-32-37-35(34(27(2)42)39(44)41(32)3)28-20-15-16-21-29(28)38(43)36(31)37/h15-18,20-25,40H,4-14,19,26H2,1-3H3. The molecule has 0 spiro atoms. The van der Waals surface area contributed by atoms with Crippen LogP contribution in [0.3, 0.4) is 0 Å². The molecule has 1 aliphatic rings. The lowest BCUT2D eigenvalue weighted by atomic mass is 9.80. The van der Waals surface area contributed by atoms with E-state index in [1.54, 1.807) is 13.1 Å². The number of benzene rings is 3. The van der Waals surface area contributed by atoms with Gasteiger partial charge in [-0.05, 0) is 43.2 Å². The van der Waals surface area contributed by atoms with E-state index in [1.165, 1.54) is 75.7 Å². The summed E-state index contributed by atoms with van der Waals surface area (Å²) >= 11 is 0. The van der Waals surface area contributed by atoms with Gasteiger partial charge in [0.25, 0.3) is 5.56 Å². The molecule has 1 N–H and O–H groups in total. The second-order valence-corrected chi connectivity index (χ2v) is 12.3. The van der Waals surface area contributed by atoms with Gasteiger partial charge in [0.05, 0.1) is 34.6 Å². The van der Waals surface area contributed by atoms with Crippen molar-refractivity contribution in [1.82, 2.24) is 4.57 Å². The molecule has 0 aliphatic heterocycles. The zero-order valence-corrected chi connectivity index (χ0v) is 27.0. The Morgan fingerprint density at radius 1 is 0.711 bits per heavy atom. The van der Waals surface area contributed by atoms with Crippen LogP contribution in [0.2, 0.25) is 0 Å². The highest BCUT2D eigenvalue weighted by Crippen LogP contribution is 2.44. The Balaban J connectivity index is 1.29. The van der Waals surface area contributed by atoms with Gasteiger partial charge in [0, 0.05) is 23.6 Å². The second kappa shape index (κ2) is 15.2. The second-order valence-electron chi connectivity index (χ2n) is 12.3. The maximum absolute atomic E-state index is 14.0. The summed E-state index contributed by atoms with van der Waals surface area (Å²) in [7, 11) is 1.65. The van der Waals surface area contributed by atoms with E-state index in [4.69, 9.17) is 4.74 Å². The van der Waals surface area contributed by atoms with Gasteiger partial charge < -0.3 is 14.6 Å². The third-order valence-electron chi connectivity index (χ3n) is 9.00. The SMILES string of the molecule is CCCCCCCCCCCCCCOc1ccccc1Nc1ccc2c3c1C(=O)c1ccccc1-c3c(C(C)=O)c(=O)n2C. The number of rotatable bonds is 17. The summed E-state index contributed by atoms with van der Waals surface area (Å²) in [5, 5.41) is 4.08. The van der Waals surface area contributed by atoms with Gasteiger partial charge in [0.1, 0.15) is 5.75 Å². The van der Waals surface area contributed by atoms with Gasteiger partial charge >= 0.3 is 0 Å². The van der Waals surface area contributed by atoms with Crippen molar-refractivity contribution in [2.45, 2.75) is 90.9 Å². The molecule has 1 aliphatic carbocycles. The first kappa shape index (κ1) is 32.2. The lowest BCUT2D eigenvalue weighted by Gasteiger charge is -2.25. The molecule has 0 saturated carbocycles. The fourth-order valence-electron chi connectivity index (χ4n) is 6.57. The zero-order valence-electron chi connectivity index (χ0n) is 27.0. The van der Waals surface area contributed by atoms with Crippen LogP contribution in [0.25, 0.3) is 22.0 Å². The number of nitrogens with one attached hydrogen (secondary N) is 1. The van der Waals surface area contributed by atoms with E-state index in [0.29, 0.717) is 45.5 Å². The quantitative estimate of drug-likeness (QED) is 0.0842. The van der Waals surface area contributed by atoms with Crippen molar-refractivity contribution in [2.75, 3.05) is 11.9 Å². The van der Waals surface area contributed by atoms with E-state index in [1.807, 2.05) is 54.6 Å². The minimum atomic E-state index is -0.364.